The summed E-state index contributed by atoms with van der Waals surface area (Å²) in [5.41, 5.74) is 1.78. The molecular weight excluding hydrogens is 382 g/mol. The van der Waals surface area contributed by atoms with Crippen molar-refractivity contribution in [2.45, 2.75) is 32.4 Å². The molecule has 4 rings (SSSR count). The van der Waals surface area contributed by atoms with Crippen molar-refractivity contribution in [3.8, 4) is 11.5 Å². The number of piperazine rings is 1. The molecule has 162 valence electrons. The van der Waals surface area contributed by atoms with Crippen molar-refractivity contribution in [3.05, 3.63) is 52.1 Å². The maximum absolute atomic E-state index is 12.3. The molecule has 1 N–H and O–H groups in total. The zero-order valence-electron chi connectivity index (χ0n) is 17.7. The van der Waals surface area contributed by atoms with Gasteiger partial charge in [-0.25, -0.2) is 4.79 Å². The summed E-state index contributed by atoms with van der Waals surface area (Å²) in [7, 11) is 1.68. The van der Waals surface area contributed by atoms with Crippen molar-refractivity contribution in [1.29, 1.82) is 0 Å². The number of nitrogens with zero attached hydrogens (tertiary/aromatic N) is 3. The second-order valence-corrected chi connectivity index (χ2v) is 8.18. The predicted octanol–water partition coefficient (Wildman–Crippen LogP) is 2.66. The Morgan fingerprint density at radius 1 is 1.00 bits per heavy atom. The summed E-state index contributed by atoms with van der Waals surface area (Å²) in [6.45, 7) is 6.43. The van der Waals surface area contributed by atoms with Gasteiger partial charge in [-0.2, -0.15) is 0 Å². The Bertz CT molecular complexity index is 900. The molecule has 2 fully saturated rings. The van der Waals surface area contributed by atoms with Crippen molar-refractivity contribution in [2.24, 2.45) is 0 Å². The molecule has 0 atom stereocenters. The van der Waals surface area contributed by atoms with Crippen LogP contribution < -0.4 is 15.3 Å². The lowest BCUT2D eigenvalue weighted by Crippen LogP contribution is -2.46. The summed E-state index contributed by atoms with van der Waals surface area (Å²) >= 11 is 0. The molecule has 0 bridgehead atoms. The van der Waals surface area contributed by atoms with E-state index in [1.54, 1.807) is 7.11 Å². The number of hydrogen-bond acceptors (Lipinski definition) is 7. The van der Waals surface area contributed by atoms with E-state index in [0.717, 1.165) is 50.7 Å². The molecule has 2 saturated heterocycles. The molecule has 0 aliphatic carbocycles. The Balaban J connectivity index is 1.39. The normalized spacial score (nSPS) is 18.5. The second kappa shape index (κ2) is 9.53. The fraction of sp³-hybridized carbons (Fsp3) is 0.522. The first-order chi connectivity index (χ1) is 14.6. The molecule has 2 aliphatic heterocycles. The van der Waals surface area contributed by atoms with Crippen LogP contribution in [-0.4, -0.2) is 61.3 Å². The number of anilines is 1. The van der Waals surface area contributed by atoms with Gasteiger partial charge in [-0.3, -0.25) is 9.80 Å². The Kier molecular flexibility index (Phi) is 6.59. The molecule has 7 nitrogen and oxygen atoms in total. The van der Waals surface area contributed by atoms with E-state index < -0.39 is 5.63 Å². The van der Waals surface area contributed by atoms with Crippen LogP contribution in [0.25, 0.3) is 0 Å². The fourth-order valence-electron chi connectivity index (χ4n) is 4.35. The van der Waals surface area contributed by atoms with Crippen molar-refractivity contribution < 1.29 is 14.3 Å². The summed E-state index contributed by atoms with van der Waals surface area (Å²) < 4.78 is 10.6. The summed E-state index contributed by atoms with van der Waals surface area (Å²) in [5.74, 6) is 0.954. The number of aromatic hydroxyl groups is 1. The lowest BCUT2D eigenvalue weighted by Gasteiger charge is -2.36. The van der Waals surface area contributed by atoms with Gasteiger partial charge in [0.25, 0.3) is 0 Å². The van der Waals surface area contributed by atoms with Crippen LogP contribution in [-0.2, 0) is 13.1 Å². The van der Waals surface area contributed by atoms with Crippen LogP contribution in [0, 0.1) is 0 Å². The van der Waals surface area contributed by atoms with Gasteiger partial charge in [0.15, 0.2) is 0 Å². The highest BCUT2D eigenvalue weighted by molar-refractivity contribution is 5.51. The van der Waals surface area contributed by atoms with E-state index in [1.165, 1.54) is 25.5 Å². The van der Waals surface area contributed by atoms with Gasteiger partial charge < -0.3 is 19.2 Å². The number of methoxy groups -OCH3 is 1. The monoisotopic (exact) mass is 413 g/mol. The summed E-state index contributed by atoms with van der Waals surface area (Å²) in [6.07, 6.45) is 5.06. The molecule has 0 radical (unpaired) electrons. The van der Waals surface area contributed by atoms with Crippen molar-refractivity contribution in [1.82, 2.24) is 9.80 Å². The van der Waals surface area contributed by atoms with Crippen LogP contribution in [0.1, 0.15) is 30.4 Å². The smallest absolute Gasteiger partial charge is 0.343 e. The SMILES string of the molecule is COc1cccc(N2CCN(Cc3c(O)c(CN4CCCCC4)coc3=O)CC2)c1. The van der Waals surface area contributed by atoms with E-state index >= 15 is 0 Å². The molecule has 0 amide bonds. The van der Waals surface area contributed by atoms with E-state index in [9.17, 15) is 9.90 Å². The Morgan fingerprint density at radius 3 is 2.47 bits per heavy atom. The van der Waals surface area contributed by atoms with Gasteiger partial charge in [0.05, 0.1) is 12.7 Å². The maximum Gasteiger partial charge on any atom is 0.343 e. The van der Waals surface area contributed by atoms with Gasteiger partial charge in [-0.1, -0.05) is 12.5 Å². The number of ether oxygens (including phenoxy) is 1. The Morgan fingerprint density at radius 2 is 1.73 bits per heavy atom. The maximum atomic E-state index is 12.3. The minimum Gasteiger partial charge on any atom is -0.507 e. The van der Waals surface area contributed by atoms with Crippen LogP contribution in [0.2, 0.25) is 0 Å². The van der Waals surface area contributed by atoms with Crippen LogP contribution in [0.15, 0.2) is 39.7 Å². The van der Waals surface area contributed by atoms with Crippen LogP contribution in [0.3, 0.4) is 0 Å². The van der Waals surface area contributed by atoms with Gasteiger partial charge in [0, 0.05) is 56.6 Å². The highest BCUT2D eigenvalue weighted by atomic mass is 16.5. The van der Waals surface area contributed by atoms with Crippen LogP contribution in [0.4, 0.5) is 5.69 Å². The van der Waals surface area contributed by atoms with Crippen LogP contribution >= 0.6 is 0 Å². The number of hydrogen-bond donors (Lipinski definition) is 1. The average molecular weight is 414 g/mol. The average Bonchev–Trinajstić information content (AvgIpc) is 2.80. The quantitative estimate of drug-likeness (QED) is 0.781. The second-order valence-electron chi connectivity index (χ2n) is 8.18. The first-order valence-electron chi connectivity index (χ1n) is 10.8. The third-order valence-electron chi connectivity index (χ3n) is 6.16. The lowest BCUT2D eigenvalue weighted by molar-refractivity contribution is 0.213. The Hall–Kier alpha value is -2.51. The molecule has 0 saturated carbocycles. The highest BCUT2D eigenvalue weighted by Gasteiger charge is 2.23. The molecule has 0 spiro atoms. The van der Waals surface area contributed by atoms with Crippen LogP contribution in [0.5, 0.6) is 11.5 Å². The zero-order valence-corrected chi connectivity index (χ0v) is 17.7. The number of rotatable bonds is 6. The molecule has 30 heavy (non-hydrogen) atoms. The van der Waals surface area contributed by atoms with E-state index in [0.29, 0.717) is 24.2 Å². The minimum absolute atomic E-state index is 0.104. The molecule has 3 heterocycles. The van der Waals surface area contributed by atoms with E-state index in [1.807, 2.05) is 18.2 Å². The minimum atomic E-state index is -0.440. The summed E-state index contributed by atoms with van der Waals surface area (Å²) in [4.78, 5) is 19.2. The largest absolute Gasteiger partial charge is 0.507 e. The molecule has 1 aromatic carbocycles. The van der Waals surface area contributed by atoms with Gasteiger partial charge in [0.1, 0.15) is 17.8 Å². The first kappa shape index (κ1) is 20.8. The third kappa shape index (κ3) is 4.79. The number of likely N-dealkylation sites (tertiary alicyclic amines) is 1. The predicted molar refractivity (Wildman–Crippen MR) is 116 cm³/mol. The molecule has 7 heteroatoms. The first-order valence-corrected chi connectivity index (χ1v) is 10.8. The topological polar surface area (TPSA) is 69.4 Å². The molecule has 2 aromatic rings. The van der Waals surface area contributed by atoms with Gasteiger partial charge >= 0.3 is 5.63 Å². The zero-order chi connectivity index (χ0) is 20.9. The molecular formula is C23H31N3O4. The fourth-order valence-corrected chi connectivity index (χ4v) is 4.35. The van der Waals surface area contributed by atoms with Gasteiger partial charge in [0.2, 0.25) is 0 Å². The molecule has 2 aliphatic rings. The lowest BCUT2D eigenvalue weighted by atomic mass is 10.1. The molecule has 1 aromatic heterocycles. The van der Waals surface area contributed by atoms with Crippen molar-refractivity contribution in [3.63, 3.8) is 0 Å². The summed E-state index contributed by atoms with van der Waals surface area (Å²) in [6, 6.07) is 8.07. The standard InChI is InChI=1S/C23H31N3O4/c1-29-20-7-5-6-19(14-20)26-12-10-25(11-13-26)16-21-22(27)18(17-30-23(21)28)15-24-8-3-2-4-9-24/h5-7,14,17,27H,2-4,8-13,15-16H2,1H3. The van der Waals surface area contributed by atoms with Gasteiger partial charge in [-0.05, 0) is 38.1 Å². The van der Waals surface area contributed by atoms with Crippen molar-refractivity contribution in [2.75, 3.05) is 51.3 Å². The van der Waals surface area contributed by atoms with Crippen molar-refractivity contribution >= 4 is 5.69 Å². The van der Waals surface area contributed by atoms with E-state index in [-0.39, 0.29) is 5.75 Å². The highest BCUT2D eigenvalue weighted by Crippen LogP contribution is 2.26. The molecule has 0 unspecified atom stereocenters. The number of benzene rings is 1. The third-order valence-corrected chi connectivity index (χ3v) is 6.16. The van der Waals surface area contributed by atoms with E-state index in [4.69, 9.17) is 9.15 Å². The van der Waals surface area contributed by atoms with Gasteiger partial charge in [-0.15, -0.1) is 0 Å². The Labute approximate surface area is 177 Å². The summed E-state index contributed by atoms with van der Waals surface area (Å²) in [5, 5.41) is 10.8. The number of piperidine rings is 1. The van der Waals surface area contributed by atoms with E-state index in [2.05, 4.69) is 20.8 Å².